The van der Waals surface area contributed by atoms with E-state index in [1.807, 2.05) is 26.8 Å². The summed E-state index contributed by atoms with van der Waals surface area (Å²) >= 11 is 0. The van der Waals surface area contributed by atoms with Gasteiger partial charge in [0, 0.05) is 6.54 Å². The van der Waals surface area contributed by atoms with E-state index in [1.54, 1.807) is 23.1 Å². The molecule has 1 saturated heterocycles. The zero-order valence-electron chi connectivity index (χ0n) is 13.9. The summed E-state index contributed by atoms with van der Waals surface area (Å²) in [6, 6.07) is 7.02. The molecule has 2 unspecified atom stereocenters. The molecule has 1 N–H and O–H groups in total. The Hall–Kier alpha value is -2.08. The number of hydrogen-bond donors (Lipinski definition) is 1. The van der Waals surface area contributed by atoms with Gasteiger partial charge in [0.2, 0.25) is 5.91 Å². The van der Waals surface area contributed by atoms with Crippen LogP contribution < -0.4 is 10.1 Å². The number of ether oxygens (including phenoxy) is 2. The van der Waals surface area contributed by atoms with Crippen molar-refractivity contribution in [3.63, 3.8) is 0 Å². The van der Waals surface area contributed by atoms with Gasteiger partial charge in [-0.05, 0) is 32.9 Å². The number of hydrogen-bond acceptors (Lipinski definition) is 4. The van der Waals surface area contributed by atoms with E-state index in [4.69, 9.17) is 9.47 Å². The molecule has 0 aromatic heterocycles. The summed E-state index contributed by atoms with van der Waals surface area (Å²) in [6.07, 6.45) is 0.0181. The number of nitrogens with one attached hydrogen (secondary N) is 1. The molecule has 6 nitrogen and oxygen atoms in total. The standard InChI is InChI=1S/C17H24N2O4/c1-4-22-15-8-6-5-7-14(15)17(21)18-9-16(20)19-10-13(3)23-11-12(19)2/h5-8,12-13H,4,9-11H2,1-3H3,(H,18,21). The fourth-order valence-corrected chi connectivity index (χ4v) is 2.54. The monoisotopic (exact) mass is 320 g/mol. The Morgan fingerprint density at radius 3 is 2.83 bits per heavy atom. The summed E-state index contributed by atoms with van der Waals surface area (Å²) in [4.78, 5) is 26.4. The van der Waals surface area contributed by atoms with Gasteiger partial charge in [-0.25, -0.2) is 0 Å². The minimum absolute atomic E-state index is 0.0181. The van der Waals surface area contributed by atoms with Gasteiger partial charge in [0.25, 0.3) is 5.91 Å². The molecule has 0 bridgehead atoms. The molecule has 2 amide bonds. The molecule has 0 saturated carbocycles. The molecule has 0 aliphatic carbocycles. The van der Waals surface area contributed by atoms with Crippen LogP contribution in [0.2, 0.25) is 0 Å². The molecule has 0 radical (unpaired) electrons. The summed E-state index contributed by atoms with van der Waals surface area (Å²) < 4.78 is 10.9. The van der Waals surface area contributed by atoms with Gasteiger partial charge in [-0.15, -0.1) is 0 Å². The molecule has 1 fully saturated rings. The summed E-state index contributed by atoms with van der Waals surface area (Å²) in [5.41, 5.74) is 0.436. The first kappa shape index (κ1) is 17.3. The predicted molar refractivity (Wildman–Crippen MR) is 86.5 cm³/mol. The van der Waals surface area contributed by atoms with Crippen molar-refractivity contribution in [3.05, 3.63) is 29.8 Å². The van der Waals surface area contributed by atoms with Gasteiger partial charge in [-0.1, -0.05) is 12.1 Å². The van der Waals surface area contributed by atoms with E-state index in [-0.39, 0.29) is 30.5 Å². The molecule has 1 aliphatic rings. The molecule has 1 aromatic rings. The number of para-hydroxylation sites is 1. The summed E-state index contributed by atoms with van der Waals surface area (Å²) in [6.45, 7) is 7.25. The van der Waals surface area contributed by atoms with Crippen LogP contribution in [0.5, 0.6) is 5.75 Å². The van der Waals surface area contributed by atoms with Crippen LogP contribution in [-0.4, -0.2) is 55.2 Å². The van der Waals surface area contributed by atoms with Crippen molar-refractivity contribution in [1.82, 2.24) is 10.2 Å². The van der Waals surface area contributed by atoms with Gasteiger partial charge >= 0.3 is 0 Å². The predicted octanol–water partition coefficient (Wildman–Crippen LogP) is 1.45. The van der Waals surface area contributed by atoms with Crippen LogP contribution in [0.4, 0.5) is 0 Å². The Morgan fingerprint density at radius 1 is 1.35 bits per heavy atom. The lowest BCUT2D eigenvalue weighted by atomic mass is 10.2. The van der Waals surface area contributed by atoms with Crippen molar-refractivity contribution >= 4 is 11.8 Å². The van der Waals surface area contributed by atoms with E-state index < -0.39 is 0 Å². The normalized spacial score (nSPS) is 20.9. The van der Waals surface area contributed by atoms with Crippen molar-refractivity contribution in [2.24, 2.45) is 0 Å². The van der Waals surface area contributed by atoms with E-state index in [0.717, 1.165) is 0 Å². The number of nitrogens with zero attached hydrogens (tertiary/aromatic N) is 1. The van der Waals surface area contributed by atoms with Crippen molar-refractivity contribution in [2.75, 3.05) is 26.3 Å². The zero-order valence-corrected chi connectivity index (χ0v) is 13.9. The van der Waals surface area contributed by atoms with Crippen molar-refractivity contribution in [1.29, 1.82) is 0 Å². The third-order valence-electron chi connectivity index (χ3n) is 3.76. The van der Waals surface area contributed by atoms with Gasteiger partial charge in [-0.2, -0.15) is 0 Å². The number of amides is 2. The van der Waals surface area contributed by atoms with Crippen LogP contribution in [0.15, 0.2) is 24.3 Å². The van der Waals surface area contributed by atoms with E-state index in [1.165, 1.54) is 0 Å². The van der Waals surface area contributed by atoms with Gasteiger partial charge in [0.15, 0.2) is 0 Å². The molecule has 1 aliphatic heterocycles. The highest BCUT2D eigenvalue weighted by Crippen LogP contribution is 2.17. The van der Waals surface area contributed by atoms with Crippen LogP contribution in [0.25, 0.3) is 0 Å². The van der Waals surface area contributed by atoms with Crippen LogP contribution in [0.3, 0.4) is 0 Å². The summed E-state index contributed by atoms with van der Waals surface area (Å²) in [5.74, 6) is 0.111. The molecule has 2 atom stereocenters. The second kappa shape index (κ2) is 7.97. The Kier molecular flexibility index (Phi) is 5.98. The van der Waals surface area contributed by atoms with E-state index >= 15 is 0 Å². The van der Waals surface area contributed by atoms with E-state index in [9.17, 15) is 9.59 Å². The highest BCUT2D eigenvalue weighted by molar-refractivity contribution is 5.98. The van der Waals surface area contributed by atoms with Crippen LogP contribution in [-0.2, 0) is 9.53 Å². The maximum absolute atomic E-state index is 12.3. The fraction of sp³-hybridized carbons (Fsp3) is 0.529. The van der Waals surface area contributed by atoms with Gasteiger partial charge in [-0.3, -0.25) is 9.59 Å². The molecule has 126 valence electrons. The average molecular weight is 320 g/mol. The summed E-state index contributed by atoms with van der Waals surface area (Å²) in [7, 11) is 0. The van der Waals surface area contributed by atoms with Gasteiger partial charge < -0.3 is 19.7 Å². The molecule has 0 spiro atoms. The Labute approximate surface area is 136 Å². The van der Waals surface area contributed by atoms with E-state index in [0.29, 0.717) is 31.1 Å². The lowest BCUT2D eigenvalue weighted by Crippen LogP contribution is -2.52. The first-order chi connectivity index (χ1) is 11.0. The number of rotatable bonds is 5. The van der Waals surface area contributed by atoms with Crippen molar-refractivity contribution in [2.45, 2.75) is 32.9 Å². The summed E-state index contributed by atoms with van der Waals surface area (Å²) in [5, 5.41) is 2.68. The Balaban J connectivity index is 1.95. The number of carbonyl (C=O) groups is 2. The first-order valence-electron chi connectivity index (χ1n) is 7.94. The number of carbonyl (C=O) groups excluding carboxylic acids is 2. The van der Waals surface area contributed by atoms with Gasteiger partial charge in [0.05, 0.1) is 37.5 Å². The number of morpholine rings is 1. The molecular weight excluding hydrogens is 296 g/mol. The van der Waals surface area contributed by atoms with Crippen molar-refractivity contribution < 1.29 is 19.1 Å². The largest absolute Gasteiger partial charge is 0.493 e. The molecule has 1 heterocycles. The molecule has 1 aromatic carbocycles. The van der Waals surface area contributed by atoms with Crippen molar-refractivity contribution in [3.8, 4) is 5.75 Å². The highest BCUT2D eigenvalue weighted by Gasteiger charge is 2.27. The second-order valence-electron chi connectivity index (χ2n) is 5.65. The SMILES string of the molecule is CCOc1ccccc1C(=O)NCC(=O)N1CC(C)OCC1C. The third-order valence-corrected chi connectivity index (χ3v) is 3.76. The second-order valence-corrected chi connectivity index (χ2v) is 5.65. The lowest BCUT2D eigenvalue weighted by Gasteiger charge is -2.36. The van der Waals surface area contributed by atoms with Crippen LogP contribution >= 0.6 is 0 Å². The minimum atomic E-state index is -0.309. The van der Waals surface area contributed by atoms with E-state index in [2.05, 4.69) is 5.32 Å². The van der Waals surface area contributed by atoms with Gasteiger partial charge in [0.1, 0.15) is 5.75 Å². The molecule has 6 heteroatoms. The molecule has 2 rings (SSSR count). The average Bonchev–Trinajstić information content (AvgIpc) is 2.55. The Morgan fingerprint density at radius 2 is 2.09 bits per heavy atom. The first-order valence-corrected chi connectivity index (χ1v) is 7.94. The molecule has 23 heavy (non-hydrogen) atoms. The Bertz CT molecular complexity index is 561. The quantitative estimate of drug-likeness (QED) is 0.892. The smallest absolute Gasteiger partial charge is 0.255 e. The lowest BCUT2D eigenvalue weighted by molar-refractivity contribution is -0.142. The maximum Gasteiger partial charge on any atom is 0.255 e. The maximum atomic E-state index is 12.3. The topological polar surface area (TPSA) is 67.9 Å². The molecular formula is C17H24N2O4. The fourth-order valence-electron chi connectivity index (χ4n) is 2.54. The number of benzene rings is 1. The van der Waals surface area contributed by atoms with Crippen LogP contribution in [0, 0.1) is 0 Å². The highest BCUT2D eigenvalue weighted by atomic mass is 16.5. The third kappa shape index (κ3) is 4.45. The zero-order chi connectivity index (χ0) is 16.8. The van der Waals surface area contributed by atoms with Crippen LogP contribution in [0.1, 0.15) is 31.1 Å². The minimum Gasteiger partial charge on any atom is -0.493 e.